The Bertz CT molecular complexity index is 811. The summed E-state index contributed by atoms with van der Waals surface area (Å²) in [6, 6.07) is 18.0. The van der Waals surface area contributed by atoms with Crippen LogP contribution in [0.3, 0.4) is 0 Å². The lowest BCUT2D eigenvalue weighted by atomic mass is 10.1. The van der Waals surface area contributed by atoms with Crippen molar-refractivity contribution in [3.63, 3.8) is 0 Å². The van der Waals surface area contributed by atoms with Crippen LogP contribution in [-0.2, 0) is 11.3 Å². The van der Waals surface area contributed by atoms with Gasteiger partial charge in [0.1, 0.15) is 0 Å². The highest BCUT2D eigenvalue weighted by Gasteiger charge is 2.24. The average Bonchev–Trinajstić information content (AvgIpc) is 2.69. The molecule has 0 amide bonds. The van der Waals surface area contributed by atoms with E-state index in [0.29, 0.717) is 17.2 Å². The van der Waals surface area contributed by atoms with Crippen molar-refractivity contribution >= 4 is 11.7 Å². The van der Waals surface area contributed by atoms with Gasteiger partial charge in [0.15, 0.2) is 0 Å². The molecule has 5 nitrogen and oxygen atoms in total. The molecular weight excluding hydrogens is 326 g/mol. The van der Waals surface area contributed by atoms with Crippen molar-refractivity contribution in [3.8, 4) is 6.07 Å². The van der Waals surface area contributed by atoms with E-state index in [9.17, 15) is 4.79 Å². The van der Waals surface area contributed by atoms with Crippen LogP contribution < -0.4 is 4.90 Å². The molecule has 0 saturated carbocycles. The van der Waals surface area contributed by atoms with E-state index < -0.39 is 0 Å². The fourth-order valence-electron chi connectivity index (χ4n) is 3.36. The number of nitrogens with zero attached hydrogens (tertiary/aromatic N) is 3. The van der Waals surface area contributed by atoms with Gasteiger partial charge in [-0.3, -0.25) is 4.90 Å². The molecule has 0 spiro atoms. The van der Waals surface area contributed by atoms with Gasteiger partial charge in [0, 0.05) is 37.9 Å². The number of esters is 1. The molecule has 0 aromatic heterocycles. The van der Waals surface area contributed by atoms with Gasteiger partial charge in [-0.2, -0.15) is 5.26 Å². The van der Waals surface area contributed by atoms with E-state index >= 15 is 0 Å². The highest BCUT2D eigenvalue weighted by molar-refractivity contribution is 5.89. The second-order valence-electron chi connectivity index (χ2n) is 6.62. The number of anilines is 1. The van der Waals surface area contributed by atoms with Crippen molar-refractivity contribution in [2.75, 3.05) is 31.6 Å². The zero-order valence-electron chi connectivity index (χ0n) is 15.2. The smallest absolute Gasteiger partial charge is 0.337 e. The van der Waals surface area contributed by atoms with Gasteiger partial charge in [-0.25, -0.2) is 4.79 Å². The Hall–Kier alpha value is -2.84. The Balaban J connectivity index is 1.63. The third-order valence-electron chi connectivity index (χ3n) is 4.86. The van der Waals surface area contributed by atoms with Gasteiger partial charge in [0.2, 0.25) is 0 Å². The lowest BCUT2D eigenvalue weighted by Gasteiger charge is -2.41. The molecule has 1 fully saturated rings. The molecule has 1 atom stereocenters. The zero-order chi connectivity index (χ0) is 18.5. The molecule has 2 aromatic carbocycles. The molecule has 3 rings (SSSR count). The van der Waals surface area contributed by atoms with Crippen LogP contribution >= 0.6 is 0 Å². The van der Waals surface area contributed by atoms with Crippen LogP contribution in [0.15, 0.2) is 48.5 Å². The van der Waals surface area contributed by atoms with Gasteiger partial charge < -0.3 is 9.64 Å². The number of methoxy groups -OCH3 is 1. The van der Waals surface area contributed by atoms with E-state index in [1.807, 2.05) is 42.5 Å². The SMILES string of the molecule is COC(=O)c1ccc(N2CCN(Cc3cccc(C#N)c3)C(C)C2)cc1. The minimum Gasteiger partial charge on any atom is -0.465 e. The van der Waals surface area contributed by atoms with Crippen molar-refractivity contribution in [2.45, 2.75) is 19.5 Å². The monoisotopic (exact) mass is 349 g/mol. The first kappa shape index (κ1) is 18.0. The van der Waals surface area contributed by atoms with Crippen LogP contribution in [0.25, 0.3) is 0 Å². The van der Waals surface area contributed by atoms with E-state index in [4.69, 9.17) is 10.00 Å². The summed E-state index contributed by atoms with van der Waals surface area (Å²) >= 11 is 0. The van der Waals surface area contributed by atoms with Gasteiger partial charge in [0.05, 0.1) is 24.3 Å². The van der Waals surface area contributed by atoms with Crippen LogP contribution in [0, 0.1) is 11.3 Å². The predicted octanol–water partition coefficient (Wildman–Crippen LogP) is 3.06. The number of carbonyl (C=O) groups excluding carboxylic acids is 1. The van der Waals surface area contributed by atoms with Gasteiger partial charge in [0.25, 0.3) is 0 Å². The lowest BCUT2D eigenvalue weighted by molar-refractivity contribution is 0.0600. The first-order valence-electron chi connectivity index (χ1n) is 8.77. The molecule has 26 heavy (non-hydrogen) atoms. The number of nitriles is 1. The highest BCUT2D eigenvalue weighted by atomic mass is 16.5. The number of ether oxygens (including phenoxy) is 1. The number of hydrogen-bond acceptors (Lipinski definition) is 5. The minimum absolute atomic E-state index is 0.311. The summed E-state index contributed by atoms with van der Waals surface area (Å²) in [5, 5.41) is 9.05. The van der Waals surface area contributed by atoms with E-state index in [1.54, 1.807) is 0 Å². The number of hydrogen-bond donors (Lipinski definition) is 0. The second-order valence-corrected chi connectivity index (χ2v) is 6.62. The molecule has 1 aliphatic heterocycles. The highest BCUT2D eigenvalue weighted by Crippen LogP contribution is 2.21. The average molecular weight is 349 g/mol. The number of piperazine rings is 1. The van der Waals surface area contributed by atoms with Gasteiger partial charge in [-0.1, -0.05) is 12.1 Å². The molecule has 2 aromatic rings. The Morgan fingerprint density at radius 3 is 2.65 bits per heavy atom. The number of carbonyl (C=O) groups is 1. The normalized spacial score (nSPS) is 17.6. The molecule has 0 N–H and O–H groups in total. The zero-order valence-corrected chi connectivity index (χ0v) is 15.2. The quantitative estimate of drug-likeness (QED) is 0.794. The Kier molecular flexibility index (Phi) is 5.55. The second kappa shape index (κ2) is 8.03. The number of benzene rings is 2. The third-order valence-corrected chi connectivity index (χ3v) is 4.86. The Morgan fingerprint density at radius 2 is 2.00 bits per heavy atom. The summed E-state index contributed by atoms with van der Waals surface area (Å²) in [6.45, 7) is 5.89. The molecule has 134 valence electrons. The summed E-state index contributed by atoms with van der Waals surface area (Å²) < 4.78 is 4.75. The molecule has 0 aliphatic carbocycles. The first-order valence-corrected chi connectivity index (χ1v) is 8.77. The first-order chi connectivity index (χ1) is 12.6. The van der Waals surface area contributed by atoms with Crippen LogP contribution in [0.2, 0.25) is 0 Å². The van der Waals surface area contributed by atoms with Crippen LogP contribution in [0.1, 0.15) is 28.4 Å². The molecule has 5 heteroatoms. The fourth-order valence-corrected chi connectivity index (χ4v) is 3.36. The summed E-state index contributed by atoms with van der Waals surface area (Å²) in [6.07, 6.45) is 0. The Morgan fingerprint density at radius 1 is 1.23 bits per heavy atom. The van der Waals surface area contributed by atoms with Crippen molar-refractivity contribution in [3.05, 3.63) is 65.2 Å². The van der Waals surface area contributed by atoms with Gasteiger partial charge in [-0.15, -0.1) is 0 Å². The van der Waals surface area contributed by atoms with Crippen LogP contribution in [-0.4, -0.2) is 43.7 Å². The molecular formula is C21H23N3O2. The van der Waals surface area contributed by atoms with Crippen molar-refractivity contribution < 1.29 is 9.53 Å². The molecule has 1 unspecified atom stereocenters. The maximum Gasteiger partial charge on any atom is 0.337 e. The van der Waals surface area contributed by atoms with Gasteiger partial charge >= 0.3 is 5.97 Å². The fraction of sp³-hybridized carbons (Fsp3) is 0.333. The van der Waals surface area contributed by atoms with E-state index in [1.165, 1.54) is 12.7 Å². The molecule has 1 aliphatic rings. The summed E-state index contributed by atoms with van der Waals surface area (Å²) in [4.78, 5) is 16.3. The predicted molar refractivity (Wildman–Crippen MR) is 101 cm³/mol. The molecule has 1 saturated heterocycles. The van der Waals surface area contributed by atoms with Crippen molar-refractivity contribution in [1.82, 2.24) is 4.90 Å². The topological polar surface area (TPSA) is 56.6 Å². The molecule has 0 bridgehead atoms. The third kappa shape index (κ3) is 4.04. The molecule has 0 radical (unpaired) electrons. The maximum absolute atomic E-state index is 11.6. The van der Waals surface area contributed by atoms with Crippen LogP contribution in [0.5, 0.6) is 0 Å². The maximum atomic E-state index is 11.6. The number of rotatable bonds is 4. The van der Waals surface area contributed by atoms with Crippen molar-refractivity contribution in [1.29, 1.82) is 5.26 Å². The summed E-state index contributed by atoms with van der Waals surface area (Å²) in [7, 11) is 1.39. The van der Waals surface area contributed by atoms with Crippen molar-refractivity contribution in [2.24, 2.45) is 0 Å². The Labute approximate surface area is 154 Å². The standard InChI is InChI=1S/C21H23N3O2/c1-16-14-24(20-8-6-19(7-9-20)21(25)26-2)11-10-23(16)15-18-5-3-4-17(12-18)13-22/h3-9,12,16H,10-11,14-15H2,1-2H3. The van der Waals surface area contributed by atoms with Gasteiger partial charge in [-0.05, 0) is 48.9 Å². The lowest BCUT2D eigenvalue weighted by Crippen LogP contribution is -2.51. The van der Waals surface area contributed by atoms with E-state index in [2.05, 4.69) is 28.9 Å². The van der Waals surface area contributed by atoms with Crippen LogP contribution in [0.4, 0.5) is 5.69 Å². The van der Waals surface area contributed by atoms with E-state index in [0.717, 1.165) is 31.9 Å². The summed E-state index contributed by atoms with van der Waals surface area (Å²) in [5.41, 5.74) is 3.57. The summed E-state index contributed by atoms with van der Waals surface area (Å²) in [5.74, 6) is -0.311. The molecule has 1 heterocycles. The largest absolute Gasteiger partial charge is 0.465 e. The minimum atomic E-state index is -0.311. The van der Waals surface area contributed by atoms with E-state index in [-0.39, 0.29) is 5.97 Å².